The van der Waals surface area contributed by atoms with Crippen LogP contribution in [0.3, 0.4) is 0 Å². The first kappa shape index (κ1) is 23.2. The molecule has 0 bridgehead atoms. The number of halogens is 2. The van der Waals surface area contributed by atoms with Crippen molar-refractivity contribution in [2.24, 2.45) is 11.8 Å². The van der Waals surface area contributed by atoms with Crippen molar-refractivity contribution in [2.45, 2.75) is 77.4 Å². The van der Waals surface area contributed by atoms with Crippen LogP contribution in [0, 0.1) is 11.8 Å². The van der Waals surface area contributed by atoms with E-state index >= 15 is 0 Å². The van der Waals surface area contributed by atoms with Crippen molar-refractivity contribution in [1.82, 2.24) is 20.2 Å². The van der Waals surface area contributed by atoms with Crippen molar-refractivity contribution in [3.8, 4) is 5.88 Å². The molecule has 2 aliphatic rings. The largest absolute Gasteiger partial charge is 0.477 e. The molecule has 4 N–H and O–H groups in total. The van der Waals surface area contributed by atoms with Gasteiger partial charge < -0.3 is 15.7 Å². The molecule has 4 rings (SSSR count). The van der Waals surface area contributed by atoms with E-state index in [0.29, 0.717) is 17.8 Å². The van der Waals surface area contributed by atoms with Gasteiger partial charge in [0.15, 0.2) is 0 Å². The molecule has 0 aromatic carbocycles. The van der Waals surface area contributed by atoms with E-state index in [0.717, 1.165) is 12.8 Å². The Bertz CT molecular complexity index is 1130. The van der Waals surface area contributed by atoms with Gasteiger partial charge in [-0.2, -0.15) is 4.57 Å². The molecule has 0 saturated heterocycles. The van der Waals surface area contributed by atoms with E-state index in [-0.39, 0.29) is 55.7 Å². The Morgan fingerprint density at radius 1 is 1.27 bits per heavy atom. The molecular formula is C22H30F2N5O4+. The van der Waals surface area contributed by atoms with Gasteiger partial charge in [0.25, 0.3) is 5.91 Å². The van der Waals surface area contributed by atoms with Gasteiger partial charge in [0, 0.05) is 24.8 Å². The Balaban J connectivity index is 1.62. The predicted octanol–water partition coefficient (Wildman–Crippen LogP) is 1.61. The number of fused-ring (bicyclic) bond motifs is 1. The van der Waals surface area contributed by atoms with Crippen molar-refractivity contribution in [2.75, 3.05) is 0 Å². The summed E-state index contributed by atoms with van der Waals surface area (Å²) in [5.74, 6) is -4.46. The Morgan fingerprint density at radius 2 is 1.94 bits per heavy atom. The van der Waals surface area contributed by atoms with Crippen LogP contribution in [0.4, 0.5) is 8.78 Å². The molecule has 180 valence electrons. The topological polar surface area (TPSA) is 120 Å². The molecule has 2 fully saturated rings. The summed E-state index contributed by atoms with van der Waals surface area (Å²) in [6.45, 7) is 4.25. The van der Waals surface area contributed by atoms with E-state index in [1.807, 2.05) is 13.8 Å². The molecule has 2 heterocycles. The highest BCUT2D eigenvalue weighted by Gasteiger charge is 2.38. The third-order valence-corrected chi connectivity index (χ3v) is 6.25. The molecule has 0 spiro atoms. The van der Waals surface area contributed by atoms with Crippen molar-refractivity contribution in [3.05, 3.63) is 27.7 Å². The number of H-pyrrole nitrogens is 1. The first-order valence-electron chi connectivity index (χ1n) is 11.4. The third kappa shape index (κ3) is 4.86. The summed E-state index contributed by atoms with van der Waals surface area (Å²) in [5.41, 5.74) is -0.148. The number of aromatic hydroxyl groups is 1. The van der Waals surface area contributed by atoms with Crippen LogP contribution in [0.15, 0.2) is 11.0 Å². The molecule has 2 aromatic heterocycles. The number of hydrogen-bond donors (Lipinski definition) is 4. The van der Waals surface area contributed by atoms with Gasteiger partial charge in [-0.05, 0) is 31.6 Å². The lowest BCUT2D eigenvalue weighted by Gasteiger charge is -2.27. The summed E-state index contributed by atoms with van der Waals surface area (Å²) >= 11 is 0. The molecule has 0 atom stereocenters. The van der Waals surface area contributed by atoms with Crippen LogP contribution in [-0.2, 0) is 17.9 Å². The highest BCUT2D eigenvalue weighted by atomic mass is 19.3. The highest BCUT2D eigenvalue weighted by Crippen LogP contribution is 2.36. The summed E-state index contributed by atoms with van der Waals surface area (Å²) in [7, 11) is 0. The molecule has 2 aliphatic carbocycles. The molecule has 0 radical (unpaired) electrons. The molecule has 0 aliphatic heterocycles. The number of aromatic nitrogens is 3. The first-order valence-corrected chi connectivity index (χ1v) is 11.4. The van der Waals surface area contributed by atoms with Crippen LogP contribution in [0.1, 0.15) is 68.3 Å². The fraction of sp³-hybridized carbons (Fsp3) is 0.636. The second kappa shape index (κ2) is 8.75. The molecule has 2 saturated carbocycles. The van der Waals surface area contributed by atoms with E-state index in [4.69, 9.17) is 0 Å². The predicted molar refractivity (Wildman–Crippen MR) is 114 cm³/mol. The van der Waals surface area contributed by atoms with Crippen LogP contribution in [0.25, 0.3) is 5.65 Å². The second-order valence-electron chi connectivity index (χ2n) is 9.56. The number of aromatic amines is 1. The summed E-state index contributed by atoms with van der Waals surface area (Å²) < 4.78 is 29.5. The second-order valence-corrected chi connectivity index (χ2v) is 9.56. The number of nitrogens with zero attached hydrogens (tertiary/aromatic N) is 2. The van der Waals surface area contributed by atoms with Crippen molar-refractivity contribution in [1.29, 1.82) is 0 Å². The van der Waals surface area contributed by atoms with Gasteiger partial charge in [0.05, 0.1) is 24.8 Å². The summed E-state index contributed by atoms with van der Waals surface area (Å²) in [5, 5.41) is 19.2. The van der Waals surface area contributed by atoms with Crippen LogP contribution in [0.2, 0.25) is 0 Å². The lowest BCUT2D eigenvalue weighted by Crippen LogP contribution is -2.46. The number of carbonyl (C=O) groups excluding carboxylic acids is 2. The Morgan fingerprint density at radius 3 is 2.55 bits per heavy atom. The number of hydrogen-bond acceptors (Lipinski definition) is 4. The van der Waals surface area contributed by atoms with E-state index in [1.54, 1.807) is 0 Å². The molecule has 2 aromatic rings. The van der Waals surface area contributed by atoms with Gasteiger partial charge in [0.2, 0.25) is 17.4 Å². The first-order chi connectivity index (χ1) is 15.6. The Labute approximate surface area is 189 Å². The SMILES string of the molecule is CC(C)C[n+]1c(O)c(C(=O)NC2CC2)c(=O)n2[nH]cc(CNC(=O)C3CCC(F)(F)CC3)c21. The van der Waals surface area contributed by atoms with E-state index in [1.165, 1.54) is 15.3 Å². The Hall–Kier alpha value is -2.98. The summed E-state index contributed by atoms with van der Waals surface area (Å²) in [6, 6.07) is 0.0182. The number of rotatable bonds is 7. The molecule has 33 heavy (non-hydrogen) atoms. The fourth-order valence-electron chi connectivity index (χ4n) is 4.28. The Kier molecular flexibility index (Phi) is 6.15. The molecular weight excluding hydrogens is 436 g/mol. The van der Waals surface area contributed by atoms with E-state index in [9.17, 15) is 28.3 Å². The quantitative estimate of drug-likeness (QED) is 0.464. The lowest BCUT2D eigenvalue weighted by molar-refractivity contribution is -0.686. The zero-order valence-corrected chi connectivity index (χ0v) is 18.8. The minimum atomic E-state index is -2.71. The maximum Gasteiger partial charge on any atom is 0.378 e. The number of carbonyl (C=O) groups is 2. The standard InChI is InChI=1S/C22H29F2N5O4/c1-12(2)11-28-19-14(9-25-17(30)13-5-7-22(23,24)8-6-13)10-26-29(19)21(33)16(20(28)32)18(31)27-15-3-4-15/h10,12-13,15H,3-9,11H2,1-2H3,(H3,25,27,30,31,32,33)/p+1. The molecule has 9 nitrogen and oxygen atoms in total. The van der Waals surface area contributed by atoms with Crippen LogP contribution in [0.5, 0.6) is 5.88 Å². The molecule has 2 amide bonds. The van der Waals surface area contributed by atoms with Crippen LogP contribution >= 0.6 is 0 Å². The minimum absolute atomic E-state index is 0.0182. The maximum atomic E-state index is 13.4. The van der Waals surface area contributed by atoms with Crippen LogP contribution in [-0.4, -0.2) is 38.5 Å². The lowest BCUT2D eigenvalue weighted by atomic mass is 9.86. The van der Waals surface area contributed by atoms with Crippen molar-refractivity contribution < 1.29 is 28.0 Å². The minimum Gasteiger partial charge on any atom is -0.477 e. The highest BCUT2D eigenvalue weighted by molar-refractivity contribution is 5.96. The normalized spacial score (nSPS) is 18.6. The number of amides is 2. The average molecular weight is 467 g/mol. The smallest absolute Gasteiger partial charge is 0.378 e. The van der Waals surface area contributed by atoms with Gasteiger partial charge in [-0.25, -0.2) is 18.7 Å². The van der Waals surface area contributed by atoms with Crippen LogP contribution < -0.4 is 20.8 Å². The zero-order valence-electron chi connectivity index (χ0n) is 18.8. The van der Waals surface area contributed by atoms with Crippen molar-refractivity contribution in [3.63, 3.8) is 0 Å². The number of alkyl halides is 2. The van der Waals surface area contributed by atoms with Gasteiger partial charge >= 0.3 is 17.1 Å². The van der Waals surface area contributed by atoms with Gasteiger partial charge in [-0.15, -0.1) is 0 Å². The van der Waals surface area contributed by atoms with Gasteiger partial charge in [-0.3, -0.25) is 9.59 Å². The molecule has 11 heteroatoms. The van der Waals surface area contributed by atoms with Gasteiger partial charge in [-0.1, -0.05) is 18.4 Å². The van der Waals surface area contributed by atoms with E-state index < -0.39 is 29.2 Å². The molecule has 0 unspecified atom stereocenters. The summed E-state index contributed by atoms with van der Waals surface area (Å²) in [6.07, 6.45) is 2.85. The maximum absolute atomic E-state index is 13.4. The van der Waals surface area contributed by atoms with Gasteiger partial charge in [0.1, 0.15) is 0 Å². The zero-order chi connectivity index (χ0) is 23.9. The third-order valence-electron chi connectivity index (χ3n) is 6.25. The fourth-order valence-corrected chi connectivity index (χ4v) is 4.28. The van der Waals surface area contributed by atoms with Crippen molar-refractivity contribution >= 4 is 17.5 Å². The average Bonchev–Trinajstić information content (AvgIpc) is 3.44. The summed E-state index contributed by atoms with van der Waals surface area (Å²) in [4.78, 5) is 38.2. The monoisotopic (exact) mass is 466 g/mol. The number of nitrogens with one attached hydrogen (secondary N) is 3. The van der Waals surface area contributed by atoms with E-state index in [2.05, 4.69) is 15.7 Å².